The van der Waals surface area contributed by atoms with Crippen LogP contribution in [0.15, 0.2) is 0 Å². The van der Waals surface area contributed by atoms with Gasteiger partial charge in [0.25, 0.3) is 0 Å². The predicted octanol–water partition coefficient (Wildman–Crippen LogP) is 3.61. The first-order valence-electron chi connectivity index (χ1n) is 6.27. The van der Waals surface area contributed by atoms with Gasteiger partial charge in [0.2, 0.25) is 0 Å². The first-order chi connectivity index (χ1) is 6.59. The van der Waals surface area contributed by atoms with E-state index in [0.717, 1.165) is 18.3 Å². The molecule has 14 heavy (non-hydrogen) atoms. The molecular weight excluding hydrogens is 172 g/mol. The minimum Gasteiger partial charge on any atom is -0.393 e. The van der Waals surface area contributed by atoms with Crippen molar-refractivity contribution >= 4 is 0 Å². The molecule has 0 bridgehead atoms. The van der Waals surface area contributed by atoms with Crippen LogP contribution in [0.5, 0.6) is 0 Å². The number of hydrogen-bond acceptors (Lipinski definition) is 1. The lowest BCUT2D eigenvalue weighted by atomic mass is 9.80. The first kappa shape index (κ1) is 12.0. The fraction of sp³-hybridized carbons (Fsp3) is 1.00. The number of rotatable bonds is 4. The van der Waals surface area contributed by atoms with Crippen LogP contribution in [0.2, 0.25) is 0 Å². The molecule has 0 radical (unpaired) electrons. The number of aliphatic hydroxyl groups excluding tert-OH is 1. The van der Waals surface area contributed by atoms with E-state index in [2.05, 4.69) is 20.8 Å². The minimum atomic E-state index is -0.0747. The van der Waals surface area contributed by atoms with Gasteiger partial charge in [0.15, 0.2) is 0 Å². The highest BCUT2D eigenvalue weighted by atomic mass is 16.3. The molecule has 84 valence electrons. The molecule has 1 N–H and O–H groups in total. The molecule has 1 aliphatic carbocycles. The predicted molar refractivity (Wildman–Crippen MR) is 61.2 cm³/mol. The summed E-state index contributed by atoms with van der Waals surface area (Å²) in [4.78, 5) is 0. The van der Waals surface area contributed by atoms with E-state index in [-0.39, 0.29) is 6.10 Å². The van der Waals surface area contributed by atoms with Crippen LogP contribution >= 0.6 is 0 Å². The molecule has 0 aromatic carbocycles. The van der Waals surface area contributed by atoms with E-state index in [1.165, 1.54) is 32.1 Å². The van der Waals surface area contributed by atoms with Crippen molar-refractivity contribution in [2.75, 3.05) is 0 Å². The molecule has 0 spiro atoms. The summed E-state index contributed by atoms with van der Waals surface area (Å²) in [7, 11) is 0. The summed E-state index contributed by atoms with van der Waals surface area (Å²) in [5, 5.41) is 9.71. The van der Waals surface area contributed by atoms with Gasteiger partial charge >= 0.3 is 0 Å². The van der Waals surface area contributed by atoms with Crippen molar-refractivity contribution in [3.05, 3.63) is 0 Å². The summed E-state index contributed by atoms with van der Waals surface area (Å²) >= 11 is 0. The monoisotopic (exact) mass is 198 g/mol. The number of hydrogen-bond donors (Lipinski definition) is 1. The average Bonchev–Trinajstić information content (AvgIpc) is 2.16. The highest BCUT2D eigenvalue weighted by molar-refractivity contribution is 4.72. The third-order valence-electron chi connectivity index (χ3n) is 3.78. The fourth-order valence-corrected chi connectivity index (χ4v) is 2.36. The summed E-state index contributed by atoms with van der Waals surface area (Å²) in [6.45, 7) is 6.57. The van der Waals surface area contributed by atoms with Gasteiger partial charge in [0, 0.05) is 0 Å². The Hall–Kier alpha value is -0.0400. The zero-order valence-electron chi connectivity index (χ0n) is 10.00. The van der Waals surface area contributed by atoms with Crippen LogP contribution < -0.4 is 0 Å². The highest BCUT2D eigenvalue weighted by Gasteiger charge is 2.19. The van der Waals surface area contributed by atoms with Crippen LogP contribution in [0.25, 0.3) is 0 Å². The van der Waals surface area contributed by atoms with E-state index >= 15 is 0 Å². The smallest absolute Gasteiger partial charge is 0.0563 e. The van der Waals surface area contributed by atoms with Gasteiger partial charge in [-0.2, -0.15) is 0 Å². The normalized spacial score (nSPS) is 30.6. The van der Waals surface area contributed by atoms with Gasteiger partial charge in [-0.25, -0.2) is 0 Å². The van der Waals surface area contributed by atoms with E-state index in [9.17, 15) is 5.11 Å². The Morgan fingerprint density at radius 1 is 1.14 bits per heavy atom. The Morgan fingerprint density at radius 2 is 1.71 bits per heavy atom. The minimum absolute atomic E-state index is 0.0747. The molecule has 0 aliphatic heterocycles. The fourth-order valence-electron chi connectivity index (χ4n) is 2.36. The van der Waals surface area contributed by atoms with Gasteiger partial charge in [0.1, 0.15) is 0 Å². The Kier molecular flexibility index (Phi) is 4.94. The molecule has 1 saturated carbocycles. The summed E-state index contributed by atoms with van der Waals surface area (Å²) in [5.74, 6) is 2.28. The van der Waals surface area contributed by atoms with Gasteiger partial charge in [-0.05, 0) is 30.6 Å². The Balaban J connectivity index is 2.13. The summed E-state index contributed by atoms with van der Waals surface area (Å²) in [6.07, 6.45) is 7.78. The van der Waals surface area contributed by atoms with E-state index in [0.29, 0.717) is 5.92 Å². The molecule has 1 aliphatic rings. The standard InChI is InChI=1S/C13H26O/c1-10(2)13(14)9-8-12-6-4-11(3)5-7-12/h10-14H,4-9H2,1-3H3. The van der Waals surface area contributed by atoms with Crippen molar-refractivity contribution in [3.8, 4) is 0 Å². The van der Waals surface area contributed by atoms with E-state index in [1.807, 2.05) is 0 Å². The molecule has 0 saturated heterocycles. The molecule has 0 heterocycles. The van der Waals surface area contributed by atoms with Crippen LogP contribution in [-0.2, 0) is 0 Å². The lowest BCUT2D eigenvalue weighted by molar-refractivity contribution is 0.103. The maximum Gasteiger partial charge on any atom is 0.0563 e. The van der Waals surface area contributed by atoms with E-state index < -0.39 is 0 Å². The molecule has 1 heteroatoms. The molecule has 0 aromatic heterocycles. The van der Waals surface area contributed by atoms with Crippen molar-refractivity contribution < 1.29 is 5.11 Å². The lowest BCUT2D eigenvalue weighted by Gasteiger charge is -2.27. The van der Waals surface area contributed by atoms with Crippen molar-refractivity contribution in [2.24, 2.45) is 17.8 Å². The second-order valence-corrected chi connectivity index (χ2v) is 5.51. The second kappa shape index (κ2) is 5.75. The van der Waals surface area contributed by atoms with Gasteiger partial charge in [-0.15, -0.1) is 0 Å². The molecule has 1 atom stereocenters. The van der Waals surface area contributed by atoms with Gasteiger partial charge < -0.3 is 5.11 Å². The SMILES string of the molecule is CC1CCC(CCC(O)C(C)C)CC1. The van der Waals surface area contributed by atoms with Crippen LogP contribution in [0.1, 0.15) is 59.3 Å². The third kappa shape index (κ3) is 4.00. The zero-order valence-corrected chi connectivity index (χ0v) is 10.00. The van der Waals surface area contributed by atoms with Crippen molar-refractivity contribution in [1.82, 2.24) is 0 Å². The van der Waals surface area contributed by atoms with E-state index in [1.54, 1.807) is 0 Å². The summed E-state index contributed by atoms with van der Waals surface area (Å²) < 4.78 is 0. The van der Waals surface area contributed by atoms with Crippen molar-refractivity contribution in [1.29, 1.82) is 0 Å². The summed E-state index contributed by atoms with van der Waals surface area (Å²) in [5.41, 5.74) is 0. The maximum atomic E-state index is 9.71. The average molecular weight is 198 g/mol. The third-order valence-corrected chi connectivity index (χ3v) is 3.78. The largest absolute Gasteiger partial charge is 0.393 e. The van der Waals surface area contributed by atoms with Crippen molar-refractivity contribution in [3.63, 3.8) is 0 Å². The lowest BCUT2D eigenvalue weighted by Crippen LogP contribution is -2.18. The molecular formula is C13H26O. The molecule has 1 fully saturated rings. The molecule has 1 nitrogen and oxygen atoms in total. The Morgan fingerprint density at radius 3 is 2.21 bits per heavy atom. The number of aliphatic hydroxyl groups is 1. The maximum absolute atomic E-state index is 9.71. The van der Waals surface area contributed by atoms with Crippen LogP contribution in [-0.4, -0.2) is 11.2 Å². The molecule has 0 aromatic rings. The zero-order chi connectivity index (χ0) is 10.6. The van der Waals surface area contributed by atoms with Crippen LogP contribution in [0.3, 0.4) is 0 Å². The highest BCUT2D eigenvalue weighted by Crippen LogP contribution is 2.31. The van der Waals surface area contributed by atoms with Crippen LogP contribution in [0, 0.1) is 17.8 Å². The Labute approximate surface area is 88.9 Å². The topological polar surface area (TPSA) is 20.2 Å². The molecule has 1 unspecified atom stereocenters. The molecule has 0 amide bonds. The van der Waals surface area contributed by atoms with Gasteiger partial charge in [-0.3, -0.25) is 0 Å². The van der Waals surface area contributed by atoms with Crippen molar-refractivity contribution in [2.45, 2.75) is 65.4 Å². The second-order valence-electron chi connectivity index (χ2n) is 5.51. The summed E-state index contributed by atoms with van der Waals surface area (Å²) in [6, 6.07) is 0. The van der Waals surface area contributed by atoms with Gasteiger partial charge in [0.05, 0.1) is 6.10 Å². The first-order valence-corrected chi connectivity index (χ1v) is 6.27. The molecule has 1 rings (SSSR count). The van der Waals surface area contributed by atoms with E-state index in [4.69, 9.17) is 0 Å². The Bertz CT molecular complexity index is 145. The van der Waals surface area contributed by atoms with Crippen LogP contribution in [0.4, 0.5) is 0 Å². The quantitative estimate of drug-likeness (QED) is 0.731. The van der Waals surface area contributed by atoms with Gasteiger partial charge in [-0.1, -0.05) is 46.5 Å².